The van der Waals surface area contributed by atoms with Crippen LogP contribution < -0.4 is 5.32 Å². The lowest BCUT2D eigenvalue weighted by Gasteiger charge is -2.20. The molecule has 0 spiro atoms. The van der Waals surface area contributed by atoms with Gasteiger partial charge in [-0.25, -0.2) is 0 Å². The summed E-state index contributed by atoms with van der Waals surface area (Å²) in [6, 6.07) is 8.79. The summed E-state index contributed by atoms with van der Waals surface area (Å²) in [5.74, 6) is 0. The third-order valence-corrected chi connectivity index (χ3v) is 4.95. The number of thiophene rings is 1. The first-order valence-corrected chi connectivity index (χ1v) is 8.28. The molecule has 0 amide bonds. The van der Waals surface area contributed by atoms with Gasteiger partial charge in [0.25, 0.3) is 0 Å². The van der Waals surface area contributed by atoms with Crippen molar-refractivity contribution in [1.82, 2.24) is 5.32 Å². The maximum atomic E-state index is 6.48. The fourth-order valence-electron chi connectivity index (χ4n) is 2.44. The van der Waals surface area contributed by atoms with Gasteiger partial charge in [-0.2, -0.15) is 0 Å². The minimum absolute atomic E-state index is 0.196. The van der Waals surface area contributed by atoms with E-state index in [1.165, 1.54) is 26.4 Å². The highest BCUT2D eigenvalue weighted by Crippen LogP contribution is 2.35. The first-order valence-electron chi connectivity index (χ1n) is 7.09. The summed E-state index contributed by atoms with van der Waals surface area (Å²) in [5.41, 5.74) is 3.72. The first-order chi connectivity index (χ1) is 9.52. The summed E-state index contributed by atoms with van der Waals surface area (Å²) >= 11 is 8.34. The molecule has 3 heteroatoms. The van der Waals surface area contributed by atoms with Crippen molar-refractivity contribution in [2.75, 3.05) is 6.54 Å². The Balaban J connectivity index is 2.44. The van der Waals surface area contributed by atoms with Crippen LogP contribution in [0.4, 0.5) is 0 Å². The van der Waals surface area contributed by atoms with Crippen molar-refractivity contribution < 1.29 is 0 Å². The van der Waals surface area contributed by atoms with E-state index in [-0.39, 0.29) is 6.04 Å². The smallest absolute Gasteiger partial charge is 0.0688 e. The summed E-state index contributed by atoms with van der Waals surface area (Å²) in [5, 5.41) is 4.49. The van der Waals surface area contributed by atoms with Crippen molar-refractivity contribution in [3.8, 4) is 0 Å². The van der Waals surface area contributed by atoms with Gasteiger partial charge in [0, 0.05) is 14.8 Å². The van der Waals surface area contributed by atoms with E-state index in [0.29, 0.717) is 0 Å². The van der Waals surface area contributed by atoms with Gasteiger partial charge in [-0.05, 0) is 62.6 Å². The van der Waals surface area contributed by atoms with E-state index in [4.69, 9.17) is 11.6 Å². The highest BCUT2D eigenvalue weighted by atomic mass is 35.5. The van der Waals surface area contributed by atoms with Gasteiger partial charge in [-0.15, -0.1) is 11.3 Å². The quantitative estimate of drug-likeness (QED) is 0.778. The van der Waals surface area contributed by atoms with E-state index in [1.807, 2.05) is 17.4 Å². The molecule has 1 atom stereocenters. The van der Waals surface area contributed by atoms with E-state index in [0.717, 1.165) is 18.0 Å². The Morgan fingerprint density at radius 1 is 1.20 bits per heavy atom. The molecule has 0 aliphatic carbocycles. The van der Waals surface area contributed by atoms with Crippen LogP contribution in [0.3, 0.4) is 0 Å². The van der Waals surface area contributed by atoms with Gasteiger partial charge in [0.2, 0.25) is 0 Å². The molecule has 1 aromatic heterocycles. The number of aryl methyl sites for hydroxylation is 3. The summed E-state index contributed by atoms with van der Waals surface area (Å²) in [6.45, 7) is 9.60. The number of halogens is 1. The van der Waals surface area contributed by atoms with Gasteiger partial charge in [0.15, 0.2) is 0 Å². The normalized spacial score (nSPS) is 12.7. The van der Waals surface area contributed by atoms with Crippen molar-refractivity contribution in [1.29, 1.82) is 0 Å². The van der Waals surface area contributed by atoms with Crippen molar-refractivity contribution in [2.45, 2.75) is 40.2 Å². The predicted molar refractivity (Wildman–Crippen MR) is 90.1 cm³/mol. The van der Waals surface area contributed by atoms with Crippen molar-refractivity contribution in [3.05, 3.63) is 55.7 Å². The highest BCUT2D eigenvalue weighted by molar-refractivity contribution is 7.12. The molecule has 1 nitrogen and oxygen atoms in total. The Hall–Kier alpha value is -0.830. The molecule has 0 radical (unpaired) electrons. The standard InChI is InChI=1S/C17H22ClNS/c1-5-8-19-16(17-12(3)10-13(4)20-17)14-7-6-11(2)9-15(14)18/h6-7,9-10,16,19H,5,8H2,1-4H3. The van der Waals surface area contributed by atoms with Gasteiger partial charge >= 0.3 is 0 Å². The van der Waals surface area contributed by atoms with Crippen LogP contribution in [0.15, 0.2) is 24.3 Å². The summed E-state index contributed by atoms with van der Waals surface area (Å²) in [6.07, 6.45) is 1.11. The zero-order valence-electron chi connectivity index (χ0n) is 12.6. The van der Waals surface area contributed by atoms with E-state index in [1.54, 1.807) is 0 Å². The van der Waals surface area contributed by atoms with Gasteiger partial charge < -0.3 is 5.32 Å². The average molecular weight is 308 g/mol. The fraction of sp³-hybridized carbons (Fsp3) is 0.412. The third-order valence-electron chi connectivity index (χ3n) is 3.41. The second-order valence-corrected chi connectivity index (χ2v) is 7.01. The second kappa shape index (κ2) is 6.75. The zero-order chi connectivity index (χ0) is 14.7. The Morgan fingerprint density at radius 2 is 1.95 bits per heavy atom. The SMILES string of the molecule is CCCNC(c1ccc(C)cc1Cl)c1sc(C)cc1C. The van der Waals surface area contributed by atoms with E-state index in [2.05, 4.69) is 51.2 Å². The zero-order valence-corrected chi connectivity index (χ0v) is 14.2. The van der Waals surface area contributed by atoms with Gasteiger partial charge in [-0.1, -0.05) is 30.7 Å². The summed E-state index contributed by atoms with van der Waals surface area (Å²) < 4.78 is 0. The lowest BCUT2D eigenvalue weighted by molar-refractivity contribution is 0.604. The Morgan fingerprint density at radius 3 is 2.50 bits per heavy atom. The largest absolute Gasteiger partial charge is 0.306 e. The van der Waals surface area contributed by atoms with Crippen molar-refractivity contribution in [2.24, 2.45) is 0 Å². The Labute approximate surface area is 131 Å². The molecule has 1 N–H and O–H groups in total. The summed E-state index contributed by atoms with van der Waals surface area (Å²) in [4.78, 5) is 2.73. The Kier molecular flexibility index (Phi) is 5.25. The molecule has 0 aliphatic heterocycles. The molecule has 1 aromatic carbocycles. The molecule has 2 rings (SSSR count). The summed E-state index contributed by atoms with van der Waals surface area (Å²) in [7, 11) is 0. The molecule has 1 unspecified atom stereocenters. The molecule has 108 valence electrons. The van der Waals surface area contributed by atoms with Crippen LogP contribution in [0.1, 0.15) is 45.8 Å². The fourth-order valence-corrected chi connectivity index (χ4v) is 3.92. The van der Waals surface area contributed by atoms with E-state index < -0.39 is 0 Å². The first kappa shape index (κ1) is 15.6. The van der Waals surface area contributed by atoms with Crippen LogP contribution in [0, 0.1) is 20.8 Å². The van der Waals surface area contributed by atoms with Crippen molar-refractivity contribution in [3.63, 3.8) is 0 Å². The molecular formula is C17H22ClNS. The van der Waals surface area contributed by atoms with E-state index >= 15 is 0 Å². The number of hydrogen-bond acceptors (Lipinski definition) is 2. The number of benzene rings is 1. The number of rotatable bonds is 5. The number of hydrogen-bond donors (Lipinski definition) is 1. The third kappa shape index (κ3) is 3.43. The molecular weight excluding hydrogens is 286 g/mol. The molecule has 2 aromatic rings. The monoisotopic (exact) mass is 307 g/mol. The molecule has 1 heterocycles. The van der Waals surface area contributed by atoms with Crippen molar-refractivity contribution >= 4 is 22.9 Å². The molecule has 0 saturated carbocycles. The van der Waals surface area contributed by atoms with Crippen LogP contribution in [0.2, 0.25) is 5.02 Å². The minimum Gasteiger partial charge on any atom is -0.306 e. The maximum absolute atomic E-state index is 6.48. The topological polar surface area (TPSA) is 12.0 Å². The average Bonchev–Trinajstić information content (AvgIpc) is 2.71. The van der Waals surface area contributed by atoms with Crippen LogP contribution in [-0.4, -0.2) is 6.54 Å². The molecule has 0 fully saturated rings. The lowest BCUT2D eigenvalue weighted by Crippen LogP contribution is -2.23. The maximum Gasteiger partial charge on any atom is 0.0688 e. The van der Waals surface area contributed by atoms with Crippen LogP contribution >= 0.6 is 22.9 Å². The molecule has 20 heavy (non-hydrogen) atoms. The van der Waals surface area contributed by atoms with Crippen LogP contribution in [-0.2, 0) is 0 Å². The predicted octanol–water partition coefficient (Wildman–Crippen LogP) is 5.42. The van der Waals surface area contributed by atoms with Gasteiger partial charge in [0.1, 0.15) is 0 Å². The molecule has 0 saturated heterocycles. The number of nitrogens with one attached hydrogen (secondary N) is 1. The van der Waals surface area contributed by atoms with E-state index in [9.17, 15) is 0 Å². The minimum atomic E-state index is 0.196. The van der Waals surface area contributed by atoms with Gasteiger partial charge in [-0.3, -0.25) is 0 Å². The second-order valence-electron chi connectivity index (χ2n) is 5.32. The van der Waals surface area contributed by atoms with Gasteiger partial charge in [0.05, 0.1) is 6.04 Å². The molecule has 0 bridgehead atoms. The molecule has 0 aliphatic rings. The Bertz CT molecular complexity index is 589. The van der Waals surface area contributed by atoms with Crippen LogP contribution in [0.25, 0.3) is 0 Å². The highest BCUT2D eigenvalue weighted by Gasteiger charge is 2.20. The van der Waals surface area contributed by atoms with Crippen LogP contribution in [0.5, 0.6) is 0 Å². The lowest BCUT2D eigenvalue weighted by atomic mass is 10.0.